The second-order valence-electron chi connectivity index (χ2n) is 3.19. The Labute approximate surface area is 88.1 Å². The van der Waals surface area contributed by atoms with Gasteiger partial charge in [-0.2, -0.15) is 0 Å². The molecule has 14 heavy (non-hydrogen) atoms. The molecule has 0 fully saturated rings. The topological polar surface area (TPSA) is 53.7 Å². The van der Waals surface area contributed by atoms with Crippen LogP contribution in [0.5, 0.6) is 0 Å². The number of nitrogens with two attached hydrogens (primary N) is 1. The molecule has 0 aromatic carbocycles. The molecule has 0 atom stereocenters. The molecule has 4 nitrogen and oxygen atoms in total. The van der Waals surface area contributed by atoms with Gasteiger partial charge in [-0.05, 0) is 19.4 Å². The second-order valence-corrected chi connectivity index (χ2v) is 6.16. The van der Waals surface area contributed by atoms with Gasteiger partial charge in [-0.1, -0.05) is 13.3 Å². The lowest BCUT2D eigenvalue weighted by molar-refractivity contribution is 0.0965. The molecule has 86 valence electrons. The molecule has 0 amide bonds. The van der Waals surface area contributed by atoms with E-state index in [1.807, 2.05) is 0 Å². The van der Waals surface area contributed by atoms with Crippen LogP contribution in [0.15, 0.2) is 0 Å². The Morgan fingerprint density at radius 1 is 1.14 bits per heavy atom. The molecule has 0 aliphatic rings. The monoisotopic (exact) mass is 221 g/mol. The Balaban J connectivity index is 3.82. The summed E-state index contributed by atoms with van der Waals surface area (Å²) in [5.41, 5.74) is 5.40. The average molecular weight is 221 g/mol. The Kier molecular flexibility index (Phi) is 8.41. The molecule has 0 aromatic rings. The highest BCUT2D eigenvalue weighted by molar-refractivity contribution is 6.60. The van der Waals surface area contributed by atoms with Gasteiger partial charge in [-0.15, -0.1) is 0 Å². The Hall–Kier alpha value is 0.0569. The van der Waals surface area contributed by atoms with Crippen molar-refractivity contribution < 1.29 is 13.3 Å². The van der Waals surface area contributed by atoms with Crippen LogP contribution in [0.2, 0.25) is 6.04 Å². The van der Waals surface area contributed by atoms with Crippen LogP contribution in [0.4, 0.5) is 0 Å². The third-order valence-corrected chi connectivity index (χ3v) is 5.10. The largest absolute Gasteiger partial charge is 0.500 e. The van der Waals surface area contributed by atoms with Crippen molar-refractivity contribution in [2.24, 2.45) is 5.73 Å². The average Bonchev–Trinajstić information content (AvgIpc) is 2.23. The van der Waals surface area contributed by atoms with Crippen LogP contribution in [-0.2, 0) is 13.3 Å². The molecule has 0 aromatic heterocycles. The van der Waals surface area contributed by atoms with E-state index in [2.05, 4.69) is 6.92 Å². The highest BCUT2D eigenvalue weighted by Gasteiger charge is 2.37. The molecule has 0 rings (SSSR count). The van der Waals surface area contributed by atoms with Gasteiger partial charge in [0, 0.05) is 26.9 Å². The summed E-state index contributed by atoms with van der Waals surface area (Å²) in [5, 5.41) is 0. The summed E-state index contributed by atoms with van der Waals surface area (Å²) < 4.78 is 16.5. The molecular formula is C9H23NO3Si. The molecule has 2 N–H and O–H groups in total. The van der Waals surface area contributed by atoms with Gasteiger partial charge in [0.25, 0.3) is 0 Å². The van der Waals surface area contributed by atoms with E-state index in [-0.39, 0.29) is 0 Å². The van der Waals surface area contributed by atoms with Crippen molar-refractivity contribution in [2.45, 2.75) is 32.2 Å². The highest BCUT2D eigenvalue weighted by atomic mass is 28.4. The minimum Gasteiger partial charge on any atom is -0.377 e. The summed E-state index contributed by atoms with van der Waals surface area (Å²) in [4.78, 5) is 0. The number of rotatable bonds is 9. The molecule has 0 saturated heterocycles. The van der Waals surface area contributed by atoms with Gasteiger partial charge in [0.2, 0.25) is 0 Å². The van der Waals surface area contributed by atoms with Crippen LogP contribution in [0.25, 0.3) is 0 Å². The maximum Gasteiger partial charge on any atom is 0.500 e. The van der Waals surface area contributed by atoms with Gasteiger partial charge in [0.1, 0.15) is 0 Å². The van der Waals surface area contributed by atoms with Gasteiger partial charge >= 0.3 is 8.80 Å². The summed E-state index contributed by atoms with van der Waals surface area (Å²) in [5.74, 6) is 0. The molecule has 0 spiro atoms. The molecule has 0 aliphatic carbocycles. The van der Waals surface area contributed by atoms with E-state index in [4.69, 9.17) is 19.0 Å². The smallest absolute Gasteiger partial charge is 0.377 e. The van der Waals surface area contributed by atoms with E-state index in [0.717, 1.165) is 25.3 Å². The maximum atomic E-state index is 5.71. The molecule has 0 unspecified atom stereocenters. The predicted octanol–water partition coefficient (Wildman–Crippen LogP) is 1.38. The lowest BCUT2D eigenvalue weighted by Gasteiger charge is -2.25. The maximum absolute atomic E-state index is 5.71. The summed E-state index contributed by atoms with van der Waals surface area (Å²) in [7, 11) is 0.988. The summed E-state index contributed by atoms with van der Waals surface area (Å²) >= 11 is 0. The fourth-order valence-corrected chi connectivity index (χ4v) is 3.28. The second kappa shape index (κ2) is 8.37. The molecule has 0 bridgehead atoms. The highest BCUT2D eigenvalue weighted by Crippen LogP contribution is 2.16. The third kappa shape index (κ3) is 5.07. The Morgan fingerprint density at radius 3 is 2.21 bits per heavy atom. The summed E-state index contributed by atoms with van der Waals surface area (Å²) in [6.45, 7) is 3.50. The number of hydrogen-bond donors (Lipinski definition) is 1. The third-order valence-electron chi connectivity index (χ3n) is 2.10. The number of unbranched alkanes of at least 4 members (excludes halogenated alkanes) is 1. The van der Waals surface area contributed by atoms with Gasteiger partial charge < -0.3 is 19.0 Å². The fourth-order valence-electron chi connectivity index (χ4n) is 1.26. The van der Waals surface area contributed by atoms with Crippen LogP contribution in [-0.4, -0.2) is 36.2 Å². The van der Waals surface area contributed by atoms with E-state index < -0.39 is 8.80 Å². The van der Waals surface area contributed by atoms with Crippen molar-refractivity contribution in [3.05, 3.63) is 0 Å². The van der Waals surface area contributed by atoms with Crippen LogP contribution in [0.1, 0.15) is 26.2 Å². The van der Waals surface area contributed by atoms with Crippen LogP contribution in [0.3, 0.4) is 0 Å². The van der Waals surface area contributed by atoms with E-state index in [0.29, 0.717) is 13.2 Å². The van der Waals surface area contributed by atoms with Gasteiger partial charge in [-0.3, -0.25) is 0 Å². The van der Waals surface area contributed by atoms with E-state index in [9.17, 15) is 0 Å². The predicted molar refractivity (Wildman–Crippen MR) is 59.1 cm³/mol. The molecule has 0 heterocycles. The van der Waals surface area contributed by atoms with Gasteiger partial charge in [-0.25, -0.2) is 0 Å². The minimum absolute atomic E-state index is 0.686. The first-order valence-electron chi connectivity index (χ1n) is 5.19. The van der Waals surface area contributed by atoms with Gasteiger partial charge in [0.05, 0.1) is 0 Å². The zero-order chi connectivity index (χ0) is 10.9. The lowest BCUT2D eigenvalue weighted by Crippen LogP contribution is -2.43. The van der Waals surface area contributed by atoms with E-state index >= 15 is 0 Å². The molecule has 0 radical (unpaired) electrons. The zero-order valence-corrected chi connectivity index (χ0v) is 10.5. The van der Waals surface area contributed by atoms with Crippen LogP contribution >= 0.6 is 0 Å². The molecule has 5 heteroatoms. The normalized spacial score (nSPS) is 12.0. The molecular weight excluding hydrogens is 198 g/mol. The van der Waals surface area contributed by atoms with Gasteiger partial charge in [0.15, 0.2) is 0 Å². The van der Waals surface area contributed by atoms with Crippen molar-refractivity contribution in [2.75, 3.05) is 27.4 Å². The van der Waals surface area contributed by atoms with Crippen molar-refractivity contribution in [3.63, 3.8) is 0 Å². The first kappa shape index (κ1) is 14.1. The fraction of sp³-hybridized carbons (Fsp3) is 1.00. The number of hydrogen-bond acceptors (Lipinski definition) is 4. The summed E-state index contributed by atoms with van der Waals surface area (Å²) in [6, 6.07) is 0.878. The van der Waals surface area contributed by atoms with Crippen LogP contribution in [0, 0.1) is 0 Å². The molecule has 0 aliphatic heterocycles. The standard InChI is InChI=1S/C9H23NO3Si/c1-4-9-14(11-2,12-3)13-8-6-5-7-10/h4-10H2,1-3H3. The first-order chi connectivity index (χ1) is 6.74. The zero-order valence-electron chi connectivity index (χ0n) is 9.54. The minimum atomic E-state index is -2.33. The van der Waals surface area contributed by atoms with Crippen molar-refractivity contribution >= 4 is 8.80 Å². The lowest BCUT2D eigenvalue weighted by atomic mass is 10.3. The summed E-state index contributed by atoms with van der Waals surface area (Å²) in [6.07, 6.45) is 2.98. The quantitative estimate of drug-likeness (QED) is 0.472. The van der Waals surface area contributed by atoms with Crippen molar-refractivity contribution in [1.82, 2.24) is 0 Å². The SMILES string of the molecule is CCC[Si](OC)(OC)OCCCCN. The first-order valence-corrected chi connectivity index (χ1v) is 7.12. The van der Waals surface area contributed by atoms with Crippen molar-refractivity contribution in [3.8, 4) is 0 Å². The van der Waals surface area contributed by atoms with Crippen LogP contribution < -0.4 is 5.73 Å². The van der Waals surface area contributed by atoms with E-state index in [1.165, 1.54) is 0 Å². The Bertz CT molecular complexity index is 131. The Morgan fingerprint density at radius 2 is 1.79 bits per heavy atom. The molecule has 0 saturated carbocycles. The van der Waals surface area contributed by atoms with E-state index in [1.54, 1.807) is 14.2 Å². The van der Waals surface area contributed by atoms with Crippen molar-refractivity contribution in [1.29, 1.82) is 0 Å².